The fourth-order valence-corrected chi connectivity index (χ4v) is 1.61. The molecule has 1 N–H and O–H groups in total. The van der Waals surface area contributed by atoms with Crippen LogP contribution < -0.4 is 5.32 Å². The normalized spacial score (nSPS) is 9.94. The number of hydrogen-bond acceptors (Lipinski definition) is 4. The second-order valence-corrected chi connectivity index (χ2v) is 3.79. The highest BCUT2D eigenvalue weighted by Gasteiger charge is 2.13. The molecule has 1 heterocycles. The maximum Gasteiger partial charge on any atom is 0.232 e. The van der Waals surface area contributed by atoms with Crippen LogP contribution >= 0.6 is 11.6 Å². The number of nitrogens with zero attached hydrogens (tertiary/aromatic N) is 2. The molecule has 0 fully saturated rings. The second kappa shape index (κ2) is 4.89. The Bertz CT molecular complexity index is 571. The van der Waals surface area contributed by atoms with Gasteiger partial charge in [0.05, 0.1) is 0 Å². The van der Waals surface area contributed by atoms with Crippen LogP contribution in [0, 0.1) is 11.3 Å². The summed E-state index contributed by atoms with van der Waals surface area (Å²) in [5.74, 6) is 0.782. The molecular weight excluding hydrogens is 238 g/mol. The zero-order chi connectivity index (χ0) is 12.3. The van der Waals surface area contributed by atoms with E-state index in [1.807, 2.05) is 19.1 Å². The number of halogens is 1. The summed E-state index contributed by atoms with van der Waals surface area (Å²) < 4.78 is 5.48. The molecule has 0 amide bonds. The molecule has 0 aliphatic carbocycles. The van der Waals surface area contributed by atoms with Crippen molar-refractivity contribution in [3.05, 3.63) is 35.0 Å². The number of aromatic nitrogens is 1. The van der Waals surface area contributed by atoms with Crippen molar-refractivity contribution in [3.63, 3.8) is 0 Å². The minimum absolute atomic E-state index is 0.252. The van der Waals surface area contributed by atoms with Gasteiger partial charge in [0.15, 0.2) is 0 Å². The van der Waals surface area contributed by atoms with Gasteiger partial charge in [-0.1, -0.05) is 17.7 Å². The van der Waals surface area contributed by atoms with E-state index in [-0.39, 0.29) is 5.69 Å². The van der Waals surface area contributed by atoms with E-state index in [1.54, 1.807) is 18.2 Å². The molecule has 4 nitrogen and oxygen atoms in total. The predicted octanol–water partition coefficient (Wildman–Crippen LogP) is 3.30. The van der Waals surface area contributed by atoms with E-state index in [4.69, 9.17) is 21.3 Å². The first kappa shape index (κ1) is 11.5. The maximum atomic E-state index is 8.92. The molecule has 17 heavy (non-hydrogen) atoms. The van der Waals surface area contributed by atoms with Gasteiger partial charge in [-0.3, -0.25) is 0 Å². The fourth-order valence-electron chi connectivity index (χ4n) is 1.42. The average Bonchev–Trinajstić information content (AvgIpc) is 2.73. The summed E-state index contributed by atoms with van der Waals surface area (Å²) in [6.45, 7) is 2.58. The van der Waals surface area contributed by atoms with Crippen LogP contribution in [-0.4, -0.2) is 11.5 Å². The molecule has 0 bridgehead atoms. The minimum atomic E-state index is 0.252. The lowest BCUT2D eigenvalue weighted by molar-refractivity contribution is 0.586. The molecule has 1 aromatic carbocycles. The van der Waals surface area contributed by atoms with Crippen LogP contribution in [0.25, 0.3) is 11.5 Å². The smallest absolute Gasteiger partial charge is 0.232 e. The lowest BCUT2D eigenvalue weighted by Gasteiger charge is -1.97. The van der Waals surface area contributed by atoms with E-state index in [0.29, 0.717) is 23.3 Å². The Morgan fingerprint density at radius 1 is 1.53 bits per heavy atom. The molecule has 0 saturated heterocycles. The molecule has 2 aromatic rings. The van der Waals surface area contributed by atoms with Crippen molar-refractivity contribution in [2.75, 3.05) is 11.9 Å². The first-order chi connectivity index (χ1) is 8.24. The lowest BCUT2D eigenvalue weighted by Crippen LogP contribution is -1.96. The predicted molar refractivity (Wildman–Crippen MR) is 65.8 cm³/mol. The van der Waals surface area contributed by atoms with Gasteiger partial charge >= 0.3 is 0 Å². The van der Waals surface area contributed by atoms with Gasteiger partial charge in [-0.25, -0.2) is 0 Å². The molecule has 0 unspecified atom stereocenters. The Balaban J connectivity index is 2.43. The molecule has 2 rings (SSSR count). The van der Waals surface area contributed by atoms with Crippen LogP contribution in [0.2, 0.25) is 5.02 Å². The van der Waals surface area contributed by atoms with E-state index < -0.39 is 0 Å². The molecule has 0 saturated carbocycles. The monoisotopic (exact) mass is 247 g/mol. The van der Waals surface area contributed by atoms with Gasteiger partial charge in [-0.15, -0.1) is 0 Å². The number of nitrogens with one attached hydrogen (secondary N) is 1. The van der Waals surface area contributed by atoms with Gasteiger partial charge in [0, 0.05) is 17.1 Å². The van der Waals surface area contributed by atoms with Gasteiger partial charge in [0.2, 0.25) is 17.5 Å². The third-order valence-corrected chi connectivity index (χ3v) is 2.38. The quantitative estimate of drug-likeness (QED) is 0.904. The Morgan fingerprint density at radius 2 is 2.35 bits per heavy atom. The summed E-state index contributed by atoms with van der Waals surface area (Å²) in [5.41, 5.74) is 1.000. The topological polar surface area (TPSA) is 61.9 Å². The average molecular weight is 248 g/mol. The van der Waals surface area contributed by atoms with Gasteiger partial charge < -0.3 is 9.73 Å². The summed E-state index contributed by atoms with van der Waals surface area (Å²) in [6, 6.07) is 9.13. The van der Waals surface area contributed by atoms with Gasteiger partial charge in [0.25, 0.3) is 0 Å². The van der Waals surface area contributed by atoms with Crippen LogP contribution in [0.1, 0.15) is 12.6 Å². The minimum Gasteiger partial charge on any atom is -0.419 e. The van der Waals surface area contributed by atoms with Crippen molar-refractivity contribution < 1.29 is 4.42 Å². The molecule has 0 aliphatic rings. The number of hydrogen-bond donors (Lipinski definition) is 1. The first-order valence-electron chi connectivity index (χ1n) is 5.15. The van der Waals surface area contributed by atoms with Gasteiger partial charge in [0.1, 0.15) is 6.07 Å². The van der Waals surface area contributed by atoms with E-state index >= 15 is 0 Å². The van der Waals surface area contributed by atoms with Crippen LogP contribution in [0.15, 0.2) is 28.7 Å². The van der Waals surface area contributed by atoms with Crippen LogP contribution in [0.3, 0.4) is 0 Å². The van der Waals surface area contributed by atoms with Crippen molar-refractivity contribution in [3.8, 4) is 17.5 Å². The fraction of sp³-hybridized carbons (Fsp3) is 0.167. The van der Waals surface area contributed by atoms with E-state index in [0.717, 1.165) is 5.56 Å². The number of rotatable bonds is 3. The largest absolute Gasteiger partial charge is 0.419 e. The number of anilines is 1. The molecular formula is C12H10ClN3O. The van der Waals surface area contributed by atoms with Crippen molar-refractivity contribution in [2.24, 2.45) is 0 Å². The number of oxazole rings is 1. The highest BCUT2D eigenvalue weighted by molar-refractivity contribution is 6.30. The van der Waals surface area contributed by atoms with Crippen LogP contribution in [0.5, 0.6) is 0 Å². The SMILES string of the molecule is CCNc1oc(-c2cccc(Cl)c2)nc1C#N. The summed E-state index contributed by atoms with van der Waals surface area (Å²) in [7, 11) is 0. The first-order valence-corrected chi connectivity index (χ1v) is 5.53. The van der Waals surface area contributed by atoms with Crippen molar-refractivity contribution in [1.29, 1.82) is 5.26 Å². The molecule has 0 spiro atoms. The molecule has 86 valence electrons. The summed E-state index contributed by atoms with van der Waals surface area (Å²) in [6.07, 6.45) is 0. The Kier molecular flexibility index (Phi) is 3.31. The summed E-state index contributed by atoms with van der Waals surface area (Å²) >= 11 is 5.89. The molecule has 1 aromatic heterocycles. The Hall–Kier alpha value is -1.99. The van der Waals surface area contributed by atoms with Crippen molar-refractivity contribution in [2.45, 2.75) is 6.92 Å². The summed E-state index contributed by atoms with van der Waals surface area (Å²) in [4.78, 5) is 4.11. The molecule has 0 aliphatic heterocycles. The zero-order valence-corrected chi connectivity index (χ0v) is 9.95. The molecule has 0 radical (unpaired) electrons. The van der Waals surface area contributed by atoms with Crippen molar-refractivity contribution >= 4 is 17.5 Å². The maximum absolute atomic E-state index is 8.92. The summed E-state index contributed by atoms with van der Waals surface area (Å²) in [5, 5.41) is 12.5. The third-order valence-electron chi connectivity index (χ3n) is 2.14. The molecule has 0 atom stereocenters. The van der Waals surface area contributed by atoms with E-state index in [9.17, 15) is 0 Å². The Morgan fingerprint density at radius 3 is 3.00 bits per heavy atom. The zero-order valence-electron chi connectivity index (χ0n) is 9.20. The highest BCUT2D eigenvalue weighted by atomic mass is 35.5. The van der Waals surface area contributed by atoms with Crippen LogP contribution in [0.4, 0.5) is 5.88 Å². The van der Waals surface area contributed by atoms with Gasteiger partial charge in [-0.2, -0.15) is 10.2 Å². The number of nitriles is 1. The lowest BCUT2D eigenvalue weighted by atomic mass is 10.2. The van der Waals surface area contributed by atoms with E-state index in [2.05, 4.69) is 10.3 Å². The third kappa shape index (κ3) is 2.40. The van der Waals surface area contributed by atoms with E-state index in [1.165, 1.54) is 0 Å². The number of benzene rings is 1. The Labute approximate surface area is 104 Å². The molecule has 5 heteroatoms. The van der Waals surface area contributed by atoms with Crippen molar-refractivity contribution in [1.82, 2.24) is 4.98 Å². The standard InChI is InChI=1S/C12H10ClN3O/c1-2-15-12-10(7-14)16-11(17-12)8-4-3-5-9(13)6-8/h3-6,15H,2H2,1H3. The van der Waals surface area contributed by atoms with Gasteiger partial charge in [-0.05, 0) is 25.1 Å². The van der Waals surface area contributed by atoms with Crippen LogP contribution in [-0.2, 0) is 0 Å². The second-order valence-electron chi connectivity index (χ2n) is 3.35. The highest BCUT2D eigenvalue weighted by Crippen LogP contribution is 2.26.